The number of thiocarbonyl (C=S) groups is 1. The van der Waals surface area contributed by atoms with Gasteiger partial charge in [0.15, 0.2) is 5.11 Å². The predicted octanol–water partition coefficient (Wildman–Crippen LogP) is 0.819. The van der Waals surface area contributed by atoms with Crippen molar-refractivity contribution < 1.29 is 18.7 Å². The van der Waals surface area contributed by atoms with E-state index in [9.17, 15) is 9.18 Å². The largest absolute Gasteiger partial charge is 0.442 e. The molecule has 2 saturated heterocycles. The van der Waals surface area contributed by atoms with Crippen LogP contribution >= 0.6 is 12.2 Å². The van der Waals surface area contributed by atoms with E-state index in [0.717, 1.165) is 0 Å². The molecule has 7 nitrogen and oxygen atoms in total. The van der Waals surface area contributed by atoms with Gasteiger partial charge < -0.3 is 25.4 Å². The molecule has 1 amide bonds. The van der Waals surface area contributed by atoms with Gasteiger partial charge in [0.1, 0.15) is 11.9 Å². The second kappa shape index (κ2) is 6.78. The molecule has 0 radical (unpaired) electrons. The summed E-state index contributed by atoms with van der Waals surface area (Å²) in [6.07, 6.45) is -0.764. The molecule has 2 fully saturated rings. The Morgan fingerprint density at radius 3 is 2.88 bits per heavy atom. The molecule has 0 aromatic heterocycles. The van der Waals surface area contributed by atoms with Crippen molar-refractivity contribution in [3.05, 3.63) is 24.0 Å². The molecular formula is C15H19FN4O3S. The van der Waals surface area contributed by atoms with E-state index in [-0.39, 0.29) is 23.1 Å². The fraction of sp³-hybridized carbons (Fsp3) is 0.467. The maximum absolute atomic E-state index is 14.4. The zero-order chi connectivity index (χ0) is 17.3. The lowest BCUT2D eigenvalue weighted by Crippen LogP contribution is -2.52. The summed E-state index contributed by atoms with van der Waals surface area (Å²) in [5.41, 5.74) is 6.32. The van der Waals surface area contributed by atoms with Crippen LogP contribution in [0.2, 0.25) is 0 Å². The number of benzene rings is 1. The van der Waals surface area contributed by atoms with Gasteiger partial charge >= 0.3 is 6.09 Å². The number of rotatable bonds is 5. The van der Waals surface area contributed by atoms with Gasteiger partial charge in [0.05, 0.1) is 30.6 Å². The number of hydrogen-bond donors (Lipinski definition) is 2. The number of ether oxygens (including phenoxy) is 2. The van der Waals surface area contributed by atoms with E-state index in [0.29, 0.717) is 37.6 Å². The molecule has 0 spiro atoms. The van der Waals surface area contributed by atoms with Crippen molar-refractivity contribution in [2.24, 2.45) is 5.73 Å². The third-order valence-electron chi connectivity index (χ3n) is 4.14. The average Bonchev–Trinajstić information content (AvgIpc) is 2.86. The first-order chi connectivity index (χ1) is 11.5. The van der Waals surface area contributed by atoms with E-state index in [1.54, 1.807) is 19.2 Å². The van der Waals surface area contributed by atoms with Crippen LogP contribution < -0.4 is 20.9 Å². The van der Waals surface area contributed by atoms with Gasteiger partial charge in [-0.1, -0.05) is 0 Å². The van der Waals surface area contributed by atoms with Gasteiger partial charge in [-0.05, 0) is 30.4 Å². The van der Waals surface area contributed by atoms with Crippen LogP contribution in [0.1, 0.15) is 0 Å². The van der Waals surface area contributed by atoms with Crippen molar-refractivity contribution in [2.75, 3.05) is 43.1 Å². The van der Waals surface area contributed by atoms with Crippen molar-refractivity contribution in [3.63, 3.8) is 0 Å². The molecule has 24 heavy (non-hydrogen) atoms. The predicted molar refractivity (Wildman–Crippen MR) is 91.8 cm³/mol. The molecular weight excluding hydrogens is 335 g/mol. The van der Waals surface area contributed by atoms with Crippen LogP contribution in [-0.2, 0) is 9.47 Å². The standard InChI is InChI=1S/C15H19FN4O3S/c1-22-11-6-19(7-11)13-3-2-9(4-12(13)16)20-8-10(23-15(20)21)5-18-14(17)24/h2-4,10-11H,5-8H2,1H3,(H3,17,18,24)/t10-/m0/s1. The van der Waals surface area contributed by atoms with Crippen LogP contribution in [0.4, 0.5) is 20.6 Å². The molecule has 130 valence electrons. The fourth-order valence-corrected chi connectivity index (χ4v) is 2.84. The third-order valence-corrected chi connectivity index (χ3v) is 4.29. The van der Waals surface area contributed by atoms with E-state index >= 15 is 0 Å². The maximum Gasteiger partial charge on any atom is 0.414 e. The number of nitrogens with one attached hydrogen (secondary N) is 1. The second-order valence-electron chi connectivity index (χ2n) is 5.76. The molecule has 0 aliphatic carbocycles. The Kier molecular flexibility index (Phi) is 4.72. The van der Waals surface area contributed by atoms with E-state index in [4.69, 9.17) is 27.4 Å². The number of anilines is 2. The van der Waals surface area contributed by atoms with Crippen molar-refractivity contribution in [1.29, 1.82) is 0 Å². The zero-order valence-electron chi connectivity index (χ0n) is 13.2. The van der Waals surface area contributed by atoms with E-state index in [1.807, 2.05) is 4.90 Å². The van der Waals surface area contributed by atoms with Gasteiger partial charge in [0, 0.05) is 20.2 Å². The van der Waals surface area contributed by atoms with Gasteiger partial charge in [0.2, 0.25) is 0 Å². The molecule has 3 rings (SSSR count). The number of halogens is 1. The molecule has 0 unspecified atom stereocenters. The minimum atomic E-state index is -0.514. The molecule has 3 N–H and O–H groups in total. The summed E-state index contributed by atoms with van der Waals surface area (Å²) in [6, 6.07) is 4.73. The minimum Gasteiger partial charge on any atom is -0.442 e. The molecule has 9 heteroatoms. The van der Waals surface area contributed by atoms with Gasteiger partial charge in [-0.2, -0.15) is 0 Å². The summed E-state index contributed by atoms with van der Waals surface area (Å²) < 4.78 is 24.8. The van der Waals surface area contributed by atoms with Crippen molar-refractivity contribution in [3.8, 4) is 0 Å². The normalized spacial score (nSPS) is 20.8. The van der Waals surface area contributed by atoms with E-state index in [1.165, 1.54) is 11.0 Å². The van der Waals surface area contributed by atoms with Gasteiger partial charge in [-0.25, -0.2) is 9.18 Å². The van der Waals surface area contributed by atoms with Crippen LogP contribution in [0.25, 0.3) is 0 Å². The van der Waals surface area contributed by atoms with Gasteiger partial charge in [0.25, 0.3) is 0 Å². The molecule has 2 aliphatic heterocycles. The monoisotopic (exact) mass is 354 g/mol. The smallest absolute Gasteiger partial charge is 0.414 e. The Labute approximate surface area is 144 Å². The lowest BCUT2D eigenvalue weighted by atomic mass is 10.1. The van der Waals surface area contributed by atoms with Crippen molar-refractivity contribution >= 4 is 34.8 Å². The molecule has 0 bridgehead atoms. The SMILES string of the molecule is COC1CN(c2ccc(N3C[C@H](CNC(N)=S)OC3=O)cc2F)C1. The van der Waals surface area contributed by atoms with Gasteiger partial charge in [-0.15, -0.1) is 0 Å². The lowest BCUT2D eigenvalue weighted by Gasteiger charge is -2.40. The quantitative estimate of drug-likeness (QED) is 0.758. The number of carbonyl (C=O) groups excluding carboxylic acids is 1. The van der Waals surface area contributed by atoms with E-state index in [2.05, 4.69) is 5.32 Å². The second-order valence-corrected chi connectivity index (χ2v) is 6.20. The first kappa shape index (κ1) is 16.7. The van der Waals surface area contributed by atoms with Crippen molar-refractivity contribution in [1.82, 2.24) is 5.32 Å². The lowest BCUT2D eigenvalue weighted by molar-refractivity contribution is 0.0784. The summed E-state index contributed by atoms with van der Waals surface area (Å²) in [7, 11) is 1.64. The highest BCUT2D eigenvalue weighted by atomic mass is 32.1. The zero-order valence-corrected chi connectivity index (χ0v) is 14.0. The van der Waals surface area contributed by atoms with Crippen molar-refractivity contribution in [2.45, 2.75) is 12.2 Å². The van der Waals surface area contributed by atoms with Gasteiger partial charge in [-0.3, -0.25) is 4.90 Å². The maximum atomic E-state index is 14.4. The molecule has 0 saturated carbocycles. The number of carbonyl (C=O) groups is 1. The Morgan fingerprint density at radius 1 is 1.50 bits per heavy atom. The highest BCUT2D eigenvalue weighted by Crippen LogP contribution is 2.30. The Morgan fingerprint density at radius 2 is 2.25 bits per heavy atom. The topological polar surface area (TPSA) is 80.1 Å². The summed E-state index contributed by atoms with van der Waals surface area (Å²) >= 11 is 4.72. The Balaban J connectivity index is 1.66. The van der Waals surface area contributed by atoms with Crippen LogP contribution in [0.15, 0.2) is 18.2 Å². The first-order valence-electron chi connectivity index (χ1n) is 7.56. The highest BCUT2D eigenvalue weighted by molar-refractivity contribution is 7.80. The number of nitrogens with two attached hydrogens (primary N) is 1. The fourth-order valence-electron chi connectivity index (χ4n) is 2.76. The van der Waals surface area contributed by atoms with Crippen LogP contribution in [0.5, 0.6) is 0 Å². The Bertz CT molecular complexity index is 654. The number of hydrogen-bond acceptors (Lipinski definition) is 5. The minimum absolute atomic E-state index is 0.138. The molecule has 2 aliphatic rings. The van der Waals surface area contributed by atoms with E-state index < -0.39 is 6.09 Å². The summed E-state index contributed by atoms with van der Waals surface area (Å²) in [5, 5.41) is 2.90. The highest BCUT2D eigenvalue weighted by Gasteiger charge is 2.33. The number of amides is 1. The summed E-state index contributed by atoms with van der Waals surface area (Å²) in [5.74, 6) is -0.375. The molecule has 2 heterocycles. The molecule has 1 aromatic rings. The van der Waals surface area contributed by atoms with Crippen LogP contribution in [0, 0.1) is 5.82 Å². The number of nitrogens with zero attached hydrogens (tertiary/aromatic N) is 2. The summed E-state index contributed by atoms with van der Waals surface area (Å²) in [6.45, 7) is 1.95. The molecule has 1 aromatic carbocycles. The average molecular weight is 354 g/mol. The first-order valence-corrected chi connectivity index (χ1v) is 7.97. The Hall–Kier alpha value is -2.13. The number of cyclic esters (lactones) is 1. The third kappa shape index (κ3) is 3.36. The van der Waals surface area contributed by atoms with Crippen LogP contribution in [0.3, 0.4) is 0 Å². The summed E-state index contributed by atoms with van der Waals surface area (Å²) in [4.78, 5) is 15.3. The van der Waals surface area contributed by atoms with Crippen LogP contribution in [-0.4, -0.2) is 56.7 Å². The molecule has 1 atom stereocenters. The number of methoxy groups -OCH3 is 1.